The van der Waals surface area contributed by atoms with Gasteiger partial charge in [-0.2, -0.15) is 0 Å². The molecular weight excluding hydrogens is 321 g/mol. The van der Waals surface area contributed by atoms with Crippen LogP contribution in [0.25, 0.3) is 0 Å². The highest BCUT2D eigenvalue weighted by atomic mass is 127. The molecule has 0 spiro atoms. The first-order valence-electron chi connectivity index (χ1n) is 4.52. The van der Waals surface area contributed by atoms with Crippen LogP contribution in [0.2, 0.25) is 0 Å². The van der Waals surface area contributed by atoms with Crippen LogP contribution in [0.15, 0.2) is 28.7 Å². The normalized spacial score (nSPS) is 10.1. The van der Waals surface area contributed by atoms with E-state index >= 15 is 0 Å². The van der Waals surface area contributed by atoms with Gasteiger partial charge < -0.3 is 4.42 Å². The minimum Gasteiger partial charge on any atom is -0.408 e. The van der Waals surface area contributed by atoms with Crippen molar-refractivity contribution in [1.82, 2.24) is 10.2 Å². The molecular formula is C10H8IN3O2. The lowest BCUT2D eigenvalue weighted by Gasteiger charge is -2.00. The molecule has 2 rings (SSSR count). The molecule has 1 amide bonds. The van der Waals surface area contributed by atoms with E-state index in [-0.39, 0.29) is 11.9 Å². The van der Waals surface area contributed by atoms with Gasteiger partial charge in [0, 0.05) is 16.1 Å². The smallest absolute Gasteiger partial charge is 0.322 e. The number of halogens is 1. The Bertz CT molecular complexity index is 524. The largest absolute Gasteiger partial charge is 0.408 e. The van der Waals surface area contributed by atoms with Crippen molar-refractivity contribution in [3.63, 3.8) is 0 Å². The number of carbonyl (C=O) groups excluding carboxylic acids is 1. The predicted molar refractivity (Wildman–Crippen MR) is 66.1 cm³/mol. The fourth-order valence-corrected chi connectivity index (χ4v) is 1.69. The maximum atomic E-state index is 11.7. The Labute approximate surface area is 105 Å². The minimum absolute atomic E-state index is 0.112. The summed E-state index contributed by atoms with van der Waals surface area (Å²) in [6.45, 7) is 1.66. The second-order valence-electron chi connectivity index (χ2n) is 3.09. The van der Waals surface area contributed by atoms with E-state index in [1.165, 1.54) is 0 Å². The summed E-state index contributed by atoms with van der Waals surface area (Å²) in [7, 11) is 0. The van der Waals surface area contributed by atoms with E-state index in [1.54, 1.807) is 19.1 Å². The Morgan fingerprint density at radius 2 is 2.25 bits per heavy atom. The molecule has 1 aromatic heterocycles. The van der Waals surface area contributed by atoms with Gasteiger partial charge in [0.2, 0.25) is 5.89 Å². The van der Waals surface area contributed by atoms with Crippen molar-refractivity contribution >= 4 is 34.5 Å². The van der Waals surface area contributed by atoms with Gasteiger partial charge in [-0.3, -0.25) is 10.1 Å². The third-order valence-corrected chi connectivity index (χ3v) is 2.50. The molecule has 1 heterocycles. The zero-order valence-electron chi connectivity index (χ0n) is 8.40. The zero-order valence-corrected chi connectivity index (χ0v) is 10.6. The van der Waals surface area contributed by atoms with Crippen molar-refractivity contribution in [2.24, 2.45) is 0 Å². The molecule has 6 heteroatoms. The van der Waals surface area contributed by atoms with Gasteiger partial charge in [-0.05, 0) is 40.8 Å². The van der Waals surface area contributed by atoms with Crippen LogP contribution < -0.4 is 5.32 Å². The number of rotatable bonds is 2. The second kappa shape index (κ2) is 4.60. The highest BCUT2D eigenvalue weighted by Crippen LogP contribution is 2.10. The number of nitrogens with one attached hydrogen (secondary N) is 1. The van der Waals surface area contributed by atoms with Crippen molar-refractivity contribution < 1.29 is 9.21 Å². The molecule has 16 heavy (non-hydrogen) atoms. The molecule has 0 fully saturated rings. The predicted octanol–water partition coefficient (Wildman–Crippen LogP) is 2.23. The number of nitrogens with zero attached hydrogens (tertiary/aromatic N) is 2. The highest BCUT2D eigenvalue weighted by molar-refractivity contribution is 14.1. The van der Waals surface area contributed by atoms with Gasteiger partial charge in [-0.15, -0.1) is 5.10 Å². The summed E-state index contributed by atoms with van der Waals surface area (Å²) in [5.41, 5.74) is 0.558. The number of aryl methyl sites for hydroxylation is 1. The average molecular weight is 329 g/mol. The van der Waals surface area contributed by atoms with Crippen LogP contribution in [0.4, 0.5) is 6.01 Å². The second-order valence-corrected chi connectivity index (χ2v) is 4.34. The molecule has 0 unspecified atom stereocenters. The number of anilines is 1. The number of carbonyl (C=O) groups is 1. The minimum atomic E-state index is -0.262. The van der Waals surface area contributed by atoms with Crippen molar-refractivity contribution in [2.45, 2.75) is 6.92 Å². The van der Waals surface area contributed by atoms with E-state index in [4.69, 9.17) is 4.42 Å². The summed E-state index contributed by atoms with van der Waals surface area (Å²) in [4.78, 5) is 11.7. The molecule has 0 aliphatic rings. The van der Waals surface area contributed by atoms with Gasteiger partial charge in [-0.25, -0.2) is 0 Å². The van der Waals surface area contributed by atoms with E-state index in [2.05, 4.69) is 38.1 Å². The fourth-order valence-electron chi connectivity index (χ4n) is 1.15. The zero-order chi connectivity index (χ0) is 11.5. The third kappa shape index (κ3) is 2.57. The monoisotopic (exact) mass is 329 g/mol. The summed E-state index contributed by atoms with van der Waals surface area (Å²) in [6, 6.07) is 7.34. The molecule has 0 saturated carbocycles. The molecule has 1 aromatic carbocycles. The quantitative estimate of drug-likeness (QED) is 0.858. The fraction of sp³-hybridized carbons (Fsp3) is 0.100. The number of hydrogen-bond acceptors (Lipinski definition) is 4. The molecule has 0 atom stereocenters. The number of hydrogen-bond donors (Lipinski definition) is 1. The molecule has 0 aliphatic heterocycles. The Morgan fingerprint density at radius 3 is 2.88 bits per heavy atom. The first-order chi connectivity index (χ1) is 7.65. The lowest BCUT2D eigenvalue weighted by atomic mass is 10.2. The molecule has 82 valence electrons. The summed E-state index contributed by atoms with van der Waals surface area (Å²) in [5.74, 6) is 0.153. The van der Waals surface area contributed by atoms with Crippen molar-refractivity contribution in [2.75, 3.05) is 5.32 Å². The average Bonchev–Trinajstić information content (AvgIpc) is 2.64. The van der Waals surface area contributed by atoms with Gasteiger partial charge in [-0.1, -0.05) is 11.2 Å². The van der Waals surface area contributed by atoms with Crippen LogP contribution >= 0.6 is 22.6 Å². The number of amides is 1. The molecule has 2 aromatic rings. The van der Waals surface area contributed by atoms with Crippen LogP contribution in [0.5, 0.6) is 0 Å². The standard InChI is InChI=1S/C10H8IN3O2/c1-6-13-14-10(16-6)12-9(15)7-3-2-4-8(11)5-7/h2-5H,1H3,(H,12,14,15). The SMILES string of the molecule is Cc1nnc(NC(=O)c2cccc(I)c2)o1. The Hall–Kier alpha value is -1.44. The molecule has 1 N–H and O–H groups in total. The lowest BCUT2D eigenvalue weighted by molar-refractivity contribution is 0.102. The van der Waals surface area contributed by atoms with E-state index in [1.807, 2.05) is 12.1 Å². The molecule has 0 saturated heterocycles. The first-order valence-corrected chi connectivity index (χ1v) is 5.60. The first kappa shape index (κ1) is 11.1. The molecule has 0 aliphatic carbocycles. The van der Waals surface area contributed by atoms with Gasteiger partial charge in [0.15, 0.2) is 0 Å². The summed E-state index contributed by atoms with van der Waals surface area (Å²) in [5, 5.41) is 9.82. The third-order valence-electron chi connectivity index (χ3n) is 1.83. The summed E-state index contributed by atoms with van der Waals surface area (Å²) >= 11 is 2.14. The van der Waals surface area contributed by atoms with Crippen LogP contribution in [0.3, 0.4) is 0 Å². The number of benzene rings is 1. The molecule has 0 radical (unpaired) electrons. The number of aromatic nitrogens is 2. The lowest BCUT2D eigenvalue weighted by Crippen LogP contribution is -2.12. The van der Waals surface area contributed by atoms with E-state index in [0.29, 0.717) is 11.5 Å². The van der Waals surface area contributed by atoms with E-state index < -0.39 is 0 Å². The molecule has 0 bridgehead atoms. The van der Waals surface area contributed by atoms with Crippen LogP contribution in [0, 0.1) is 10.5 Å². The van der Waals surface area contributed by atoms with Crippen LogP contribution in [-0.4, -0.2) is 16.1 Å². The topological polar surface area (TPSA) is 68.0 Å². The summed E-state index contributed by atoms with van der Waals surface area (Å²) in [6.07, 6.45) is 0. The van der Waals surface area contributed by atoms with Crippen LogP contribution in [-0.2, 0) is 0 Å². The van der Waals surface area contributed by atoms with Gasteiger partial charge in [0.1, 0.15) is 0 Å². The highest BCUT2D eigenvalue weighted by Gasteiger charge is 2.09. The Kier molecular flexibility index (Phi) is 3.18. The maximum absolute atomic E-state index is 11.7. The van der Waals surface area contributed by atoms with Gasteiger partial charge >= 0.3 is 6.01 Å². The van der Waals surface area contributed by atoms with E-state index in [0.717, 1.165) is 3.57 Å². The van der Waals surface area contributed by atoms with Gasteiger partial charge in [0.05, 0.1) is 0 Å². The molecule has 5 nitrogen and oxygen atoms in total. The van der Waals surface area contributed by atoms with Crippen molar-refractivity contribution in [1.29, 1.82) is 0 Å². The Balaban J connectivity index is 2.14. The maximum Gasteiger partial charge on any atom is 0.322 e. The van der Waals surface area contributed by atoms with E-state index in [9.17, 15) is 4.79 Å². The Morgan fingerprint density at radius 1 is 1.44 bits per heavy atom. The van der Waals surface area contributed by atoms with Crippen molar-refractivity contribution in [3.8, 4) is 0 Å². The van der Waals surface area contributed by atoms with Gasteiger partial charge in [0.25, 0.3) is 5.91 Å². The summed E-state index contributed by atoms with van der Waals surface area (Å²) < 4.78 is 6.04. The van der Waals surface area contributed by atoms with Crippen molar-refractivity contribution in [3.05, 3.63) is 39.3 Å². The van der Waals surface area contributed by atoms with Crippen LogP contribution in [0.1, 0.15) is 16.2 Å².